The Balaban J connectivity index is 2.46. The Kier molecular flexibility index (Phi) is 22.8. The van der Waals surface area contributed by atoms with Gasteiger partial charge in [-0.1, -0.05) is 73.9 Å². The summed E-state index contributed by atoms with van der Waals surface area (Å²) in [7, 11) is 4.99. The predicted octanol–water partition coefficient (Wildman–Crippen LogP) is 4.24. The second-order valence-electron chi connectivity index (χ2n) is 18.2. The van der Waals surface area contributed by atoms with E-state index in [1.165, 1.54) is 0 Å². The van der Waals surface area contributed by atoms with Crippen LogP contribution in [-0.2, 0) is 35.1 Å². The number of ketones is 1. The first kappa shape index (κ1) is 52.5. The third-order valence-electron chi connectivity index (χ3n) is 11.8. The van der Waals surface area contributed by atoms with Gasteiger partial charge in [0.25, 0.3) is 0 Å². The van der Waals surface area contributed by atoms with Crippen molar-refractivity contribution in [3.8, 4) is 5.75 Å². The minimum Gasteiger partial charge on any atom is -0.497 e. The molecule has 1 saturated heterocycles. The number of nitrogens with two attached hydrogens (primary N) is 1. The van der Waals surface area contributed by atoms with E-state index in [-0.39, 0.29) is 54.3 Å². The Labute approximate surface area is 360 Å². The lowest BCUT2D eigenvalue weighted by molar-refractivity contribution is -0.146. The van der Waals surface area contributed by atoms with Gasteiger partial charge in [0, 0.05) is 26.4 Å². The molecule has 0 spiro atoms. The maximum atomic E-state index is 14.4. The highest BCUT2D eigenvalue weighted by Gasteiger charge is 2.40. The molecule has 0 radical (unpaired) electrons. The molecule has 1 aliphatic heterocycles. The van der Waals surface area contributed by atoms with Crippen LogP contribution in [0.4, 0.5) is 0 Å². The highest BCUT2D eigenvalue weighted by molar-refractivity contribution is 5.91. The van der Waals surface area contributed by atoms with Gasteiger partial charge in [-0.15, -0.1) is 0 Å². The van der Waals surface area contributed by atoms with Crippen LogP contribution in [0.1, 0.15) is 119 Å². The first-order valence-electron chi connectivity index (χ1n) is 22.3. The Bertz CT molecular complexity index is 1490. The van der Waals surface area contributed by atoms with Crippen molar-refractivity contribution in [1.29, 1.82) is 0 Å². The highest BCUT2D eigenvalue weighted by atomic mass is 16.5. The van der Waals surface area contributed by atoms with Gasteiger partial charge in [0.2, 0.25) is 23.6 Å². The summed E-state index contributed by atoms with van der Waals surface area (Å²) in [4.78, 5) is 72.0. The fourth-order valence-electron chi connectivity index (χ4n) is 7.74. The average Bonchev–Trinajstić information content (AvgIpc) is 3.70. The third kappa shape index (κ3) is 16.7. The number of nitrogens with zero attached hydrogens (tertiary/aromatic N) is 2. The zero-order valence-electron chi connectivity index (χ0n) is 38.8. The van der Waals surface area contributed by atoms with Gasteiger partial charge in [-0.3, -0.25) is 24.0 Å². The number of carbonyl (C=O) groups is 5. The van der Waals surface area contributed by atoms with Gasteiger partial charge in [0.15, 0.2) is 0 Å². The van der Waals surface area contributed by atoms with E-state index in [0.29, 0.717) is 69.6 Å². The van der Waals surface area contributed by atoms with Gasteiger partial charge in [0.1, 0.15) is 23.6 Å². The van der Waals surface area contributed by atoms with E-state index in [1.54, 1.807) is 37.9 Å². The molecule has 1 aromatic rings. The number of Topliss-reactive ketones (excluding diaryl/α,β-unsaturated/α-hetero) is 1. The van der Waals surface area contributed by atoms with E-state index in [4.69, 9.17) is 15.2 Å². The molecule has 1 fully saturated rings. The summed E-state index contributed by atoms with van der Waals surface area (Å²) in [6.45, 7) is 18.1. The summed E-state index contributed by atoms with van der Waals surface area (Å²) in [5, 5.41) is 20.3. The van der Waals surface area contributed by atoms with Gasteiger partial charge in [-0.2, -0.15) is 0 Å². The lowest BCUT2D eigenvalue weighted by Crippen LogP contribution is -2.60. The summed E-state index contributed by atoms with van der Waals surface area (Å²) >= 11 is 0. The van der Waals surface area contributed by atoms with E-state index in [1.807, 2.05) is 79.7 Å². The predicted molar refractivity (Wildman–Crippen MR) is 236 cm³/mol. The Hall–Kier alpha value is -3.59. The zero-order valence-corrected chi connectivity index (χ0v) is 38.8. The molecule has 0 aliphatic carbocycles. The summed E-state index contributed by atoms with van der Waals surface area (Å²) in [5.41, 5.74) is 7.23. The Morgan fingerprint density at radius 3 is 2.12 bits per heavy atom. The number of ether oxygens (including phenoxy) is 2. The second-order valence-corrected chi connectivity index (χ2v) is 18.2. The van der Waals surface area contributed by atoms with Crippen LogP contribution in [0.5, 0.6) is 5.75 Å². The average molecular weight is 845 g/mol. The highest BCUT2D eigenvalue weighted by Crippen LogP contribution is 2.24. The van der Waals surface area contributed by atoms with Crippen LogP contribution in [0.2, 0.25) is 0 Å². The Morgan fingerprint density at radius 2 is 1.57 bits per heavy atom. The first-order valence-corrected chi connectivity index (χ1v) is 22.3. The molecule has 342 valence electrons. The molecule has 0 saturated carbocycles. The summed E-state index contributed by atoms with van der Waals surface area (Å²) in [6.07, 6.45) is 2.19. The normalized spacial score (nSPS) is 18.4. The second kappa shape index (κ2) is 26.0. The molecule has 0 unspecified atom stereocenters. The molecule has 2 rings (SSSR count). The number of carbonyl (C=O) groups excluding carboxylic acids is 5. The van der Waals surface area contributed by atoms with Crippen LogP contribution in [0, 0.1) is 23.7 Å². The maximum absolute atomic E-state index is 14.4. The number of methoxy groups -OCH3 is 1. The van der Waals surface area contributed by atoms with Crippen molar-refractivity contribution in [3.63, 3.8) is 0 Å². The van der Waals surface area contributed by atoms with Gasteiger partial charge in [-0.05, 0) is 93.9 Å². The number of likely N-dealkylation sites (tertiary alicyclic amines) is 1. The van der Waals surface area contributed by atoms with Crippen LogP contribution in [0.25, 0.3) is 0 Å². The number of benzene rings is 1. The van der Waals surface area contributed by atoms with Gasteiger partial charge in [-0.25, -0.2) is 0 Å². The molecule has 14 heteroatoms. The lowest BCUT2D eigenvalue weighted by atomic mass is 9.90. The van der Waals surface area contributed by atoms with Crippen molar-refractivity contribution in [2.24, 2.45) is 29.4 Å². The molecule has 1 aliphatic rings. The molecule has 60 heavy (non-hydrogen) atoms. The van der Waals surface area contributed by atoms with E-state index < -0.39 is 54.4 Å². The molecular formula is C46H80N6O8. The molecule has 1 heterocycles. The molecular weight excluding hydrogens is 765 g/mol. The van der Waals surface area contributed by atoms with Crippen LogP contribution in [-0.4, -0.2) is 127 Å². The van der Waals surface area contributed by atoms with Crippen LogP contribution >= 0.6 is 0 Å². The molecule has 14 nitrogen and oxygen atoms in total. The van der Waals surface area contributed by atoms with Crippen molar-refractivity contribution in [2.75, 3.05) is 34.4 Å². The quantitative estimate of drug-likeness (QED) is 0.0856. The number of likely N-dealkylation sites (N-methyl/N-ethyl adjacent to an activating group) is 2. The number of hydrogen-bond acceptors (Lipinski definition) is 10. The first-order chi connectivity index (χ1) is 28.2. The zero-order chi connectivity index (χ0) is 45.3. The standard InChI is InChI=1S/C46H80N6O8/c1-13-31(8)41(40(54)26-35(53)19-16-28(2)3)49-44(56)42(50-43(55)38(48-10)24-30(6)7)32(9)60-27-34(25-33-17-20-36(59-12)21-18-33)51(11)46(58)39-15-14-22-52(39)45(57)37(47)23-29(4)5/h17-18,20-21,28-32,34,37-42,48,54H,13-16,19,22-27,47H2,1-12H3,(H,49,56)(H,50,55)/t31-,32+,34-,37-,38+,39-,40-,41+,42-/m0/s1. The van der Waals surface area contributed by atoms with Crippen molar-refractivity contribution >= 4 is 29.4 Å². The van der Waals surface area contributed by atoms with E-state index in [9.17, 15) is 29.1 Å². The van der Waals surface area contributed by atoms with E-state index in [0.717, 1.165) is 5.56 Å². The summed E-state index contributed by atoms with van der Waals surface area (Å²) < 4.78 is 11.9. The fourth-order valence-corrected chi connectivity index (χ4v) is 7.74. The van der Waals surface area contributed by atoms with Crippen molar-refractivity contribution < 1.29 is 38.6 Å². The SMILES string of the molecule is CC[C@H](C)[C@@H](NC(=O)[C@@H](NC(=O)[C@@H](CC(C)C)NC)[C@@H](C)OC[C@H](Cc1ccc(OC)cc1)N(C)C(=O)[C@@H]1CCCN1C(=O)[C@@H](N)CC(C)C)[C@@H](O)CC(=O)CCC(C)C. The van der Waals surface area contributed by atoms with Crippen molar-refractivity contribution in [1.82, 2.24) is 25.8 Å². The molecule has 6 N–H and O–H groups in total. The molecule has 4 amide bonds. The number of hydrogen-bond donors (Lipinski definition) is 5. The fraction of sp³-hybridized carbons (Fsp3) is 0.761. The summed E-state index contributed by atoms with van der Waals surface area (Å²) in [6, 6.07) is 3.08. The molecule has 0 aromatic heterocycles. The monoisotopic (exact) mass is 845 g/mol. The van der Waals surface area contributed by atoms with Gasteiger partial charge < -0.3 is 46.1 Å². The number of aliphatic hydroxyl groups excluding tert-OH is 1. The summed E-state index contributed by atoms with van der Waals surface area (Å²) in [5.74, 6) is -0.207. The number of rotatable bonds is 27. The van der Waals surface area contributed by atoms with Crippen molar-refractivity contribution in [3.05, 3.63) is 29.8 Å². The number of aliphatic hydroxyl groups is 1. The minimum absolute atomic E-state index is 0.00810. The maximum Gasteiger partial charge on any atom is 0.245 e. The van der Waals surface area contributed by atoms with Crippen LogP contribution < -0.4 is 26.4 Å². The van der Waals surface area contributed by atoms with Crippen LogP contribution in [0.3, 0.4) is 0 Å². The topological polar surface area (TPSA) is 193 Å². The molecule has 9 atom stereocenters. The lowest BCUT2D eigenvalue weighted by Gasteiger charge is -2.36. The number of amides is 4. The minimum atomic E-state index is -1.19. The van der Waals surface area contributed by atoms with Gasteiger partial charge in [0.05, 0.1) is 50.1 Å². The van der Waals surface area contributed by atoms with Crippen LogP contribution in [0.15, 0.2) is 24.3 Å². The van der Waals surface area contributed by atoms with E-state index >= 15 is 0 Å². The molecule has 0 bridgehead atoms. The largest absolute Gasteiger partial charge is 0.497 e. The Morgan fingerprint density at radius 1 is 0.933 bits per heavy atom. The van der Waals surface area contributed by atoms with Crippen molar-refractivity contribution in [2.45, 2.75) is 169 Å². The number of nitrogens with one attached hydrogen (secondary N) is 3. The third-order valence-corrected chi connectivity index (χ3v) is 11.8. The van der Waals surface area contributed by atoms with Gasteiger partial charge >= 0.3 is 0 Å². The molecule has 1 aromatic carbocycles. The smallest absolute Gasteiger partial charge is 0.245 e. The van der Waals surface area contributed by atoms with E-state index in [2.05, 4.69) is 16.0 Å².